The van der Waals surface area contributed by atoms with Gasteiger partial charge in [0.25, 0.3) is 0 Å². The second-order valence-corrected chi connectivity index (χ2v) is 12.4. The van der Waals surface area contributed by atoms with Crippen molar-refractivity contribution < 1.29 is 14.3 Å². The fraction of sp³-hybridized carbons (Fsp3) is 0.607. The number of thiazole rings is 1. The van der Waals surface area contributed by atoms with Crippen molar-refractivity contribution in [2.24, 2.45) is 10.9 Å². The van der Waals surface area contributed by atoms with Crippen molar-refractivity contribution in [2.75, 3.05) is 33.3 Å². The molecule has 10 heteroatoms. The van der Waals surface area contributed by atoms with Crippen molar-refractivity contribution in [2.45, 2.75) is 71.2 Å². The van der Waals surface area contributed by atoms with Gasteiger partial charge in [0, 0.05) is 32.2 Å². The number of methoxy groups -OCH3 is 1. The van der Waals surface area contributed by atoms with Crippen molar-refractivity contribution in [3.05, 3.63) is 34.6 Å². The first kappa shape index (κ1) is 26.9. The highest BCUT2D eigenvalue weighted by Gasteiger charge is 2.34. The van der Waals surface area contributed by atoms with E-state index in [-0.39, 0.29) is 12.1 Å². The number of amidine groups is 1. The summed E-state index contributed by atoms with van der Waals surface area (Å²) in [4.78, 5) is 24.7. The minimum atomic E-state index is -0.519. The van der Waals surface area contributed by atoms with Crippen LogP contribution in [0.5, 0.6) is 0 Å². The molecule has 0 bridgehead atoms. The maximum Gasteiger partial charge on any atom is 0.410 e. The Balaban J connectivity index is 1.46. The van der Waals surface area contributed by atoms with Gasteiger partial charge in [-0.25, -0.2) is 14.8 Å². The van der Waals surface area contributed by atoms with Gasteiger partial charge in [0.1, 0.15) is 22.3 Å². The van der Waals surface area contributed by atoms with Crippen LogP contribution in [0.25, 0.3) is 15.8 Å². The zero-order valence-electron chi connectivity index (χ0n) is 23.1. The molecule has 2 saturated heterocycles. The number of amides is 1. The van der Waals surface area contributed by atoms with Gasteiger partial charge in [0.2, 0.25) is 0 Å². The molecule has 206 valence electrons. The molecule has 2 atom stereocenters. The van der Waals surface area contributed by atoms with Crippen LogP contribution in [0.3, 0.4) is 0 Å². The molecule has 4 heterocycles. The van der Waals surface area contributed by atoms with Gasteiger partial charge in [-0.1, -0.05) is 12.1 Å². The van der Waals surface area contributed by atoms with E-state index in [1.807, 2.05) is 31.7 Å². The van der Waals surface area contributed by atoms with E-state index < -0.39 is 11.8 Å². The van der Waals surface area contributed by atoms with Crippen molar-refractivity contribution in [3.8, 4) is 0 Å². The average molecular weight is 541 g/mol. The first-order valence-electron chi connectivity index (χ1n) is 13.6. The lowest BCUT2D eigenvalue weighted by molar-refractivity contribution is 0.0190. The van der Waals surface area contributed by atoms with Crippen LogP contribution in [0.4, 0.5) is 4.79 Å². The Bertz CT molecular complexity index is 1230. The molecular formula is C28H40N6O3S. The minimum absolute atomic E-state index is 0.0646. The fourth-order valence-electron chi connectivity index (χ4n) is 5.34. The molecule has 5 rings (SSSR count). The fourth-order valence-corrected chi connectivity index (χ4v) is 6.43. The number of carbonyl (C=O) groups excluding carboxylic acids is 1. The quantitative estimate of drug-likeness (QED) is 0.522. The van der Waals surface area contributed by atoms with Gasteiger partial charge in [0.05, 0.1) is 15.8 Å². The summed E-state index contributed by atoms with van der Waals surface area (Å²) in [6.07, 6.45) is 3.19. The summed E-state index contributed by atoms with van der Waals surface area (Å²) in [6, 6.07) is 6.28. The summed E-state index contributed by atoms with van der Waals surface area (Å²) in [6.45, 7) is 11.1. The molecule has 3 N–H and O–H groups in total. The molecule has 3 aliphatic rings. The molecule has 2 fully saturated rings. The number of aryl methyl sites for hydroxylation is 1. The number of nitrogens with one attached hydrogen (secondary N) is 3. The molecule has 0 radical (unpaired) electrons. The van der Waals surface area contributed by atoms with E-state index in [0.717, 1.165) is 66.5 Å². The third-order valence-electron chi connectivity index (χ3n) is 7.24. The third kappa shape index (κ3) is 5.97. The molecule has 9 nitrogen and oxygen atoms in total. The predicted molar refractivity (Wildman–Crippen MR) is 152 cm³/mol. The van der Waals surface area contributed by atoms with Crippen LogP contribution in [-0.4, -0.2) is 73.0 Å². The van der Waals surface area contributed by atoms with Crippen LogP contribution in [0.15, 0.2) is 29.0 Å². The summed E-state index contributed by atoms with van der Waals surface area (Å²) in [7, 11) is 1.71. The molecule has 1 amide bonds. The Kier molecular flexibility index (Phi) is 7.93. The van der Waals surface area contributed by atoms with Gasteiger partial charge in [-0.2, -0.15) is 0 Å². The Hall–Kier alpha value is -2.69. The summed E-state index contributed by atoms with van der Waals surface area (Å²) in [5, 5.41) is 11.8. The number of aliphatic imine (C=N–C) groups is 1. The number of fused-ring (bicyclic) bond motifs is 1. The number of carbonyl (C=O) groups is 1. The van der Waals surface area contributed by atoms with Crippen LogP contribution in [0, 0.1) is 12.8 Å². The lowest BCUT2D eigenvalue weighted by atomic mass is 9.95. The van der Waals surface area contributed by atoms with Crippen molar-refractivity contribution in [3.63, 3.8) is 0 Å². The van der Waals surface area contributed by atoms with Crippen LogP contribution in [0.2, 0.25) is 0 Å². The Morgan fingerprint density at radius 2 is 2.00 bits per heavy atom. The number of ether oxygens (including phenoxy) is 2. The van der Waals surface area contributed by atoms with E-state index in [1.165, 1.54) is 10.3 Å². The van der Waals surface area contributed by atoms with Crippen LogP contribution >= 0.6 is 11.3 Å². The molecule has 0 saturated carbocycles. The Labute approximate surface area is 229 Å². The standard InChI is InChI=1S/C28H40N6O3S/c1-17-8-6-10-20-22(17)38-26(31-20)21-24(32-23(33-25(21)36-5)18-11-13-29-14-12-18)30-19-9-7-15-34(16-19)27(35)37-28(2,3)4/h6,8,10,18-19,25,29-30H,7,9,11-16H2,1-5H3,(H,32,33)/t19-,25?/m1/s1. The van der Waals surface area contributed by atoms with E-state index in [4.69, 9.17) is 19.5 Å². The van der Waals surface area contributed by atoms with E-state index >= 15 is 0 Å². The average Bonchev–Trinajstić information content (AvgIpc) is 3.33. The summed E-state index contributed by atoms with van der Waals surface area (Å²) in [5.74, 6) is 2.18. The SMILES string of the molecule is COC1N=C(C2CCNCC2)NC(N[C@@H]2CCCN(C(=O)OC(C)(C)C)C2)=C1c1nc2cccc(C)c2s1. The van der Waals surface area contributed by atoms with E-state index in [2.05, 4.69) is 35.0 Å². The number of hydrogen-bond donors (Lipinski definition) is 3. The second kappa shape index (κ2) is 11.2. The number of likely N-dealkylation sites (tertiary alicyclic amines) is 1. The second-order valence-electron chi connectivity index (χ2n) is 11.4. The summed E-state index contributed by atoms with van der Waals surface area (Å²) < 4.78 is 12.8. The molecular weight excluding hydrogens is 500 g/mol. The van der Waals surface area contributed by atoms with Crippen molar-refractivity contribution in [1.29, 1.82) is 0 Å². The van der Waals surface area contributed by atoms with E-state index in [1.54, 1.807) is 18.4 Å². The molecule has 1 aromatic carbocycles. The number of hydrogen-bond acceptors (Lipinski definition) is 9. The summed E-state index contributed by atoms with van der Waals surface area (Å²) >= 11 is 1.67. The molecule has 0 spiro atoms. The number of benzene rings is 1. The number of piperidine rings is 2. The van der Waals surface area contributed by atoms with Gasteiger partial charge in [-0.15, -0.1) is 11.3 Å². The van der Waals surface area contributed by atoms with Crippen LogP contribution in [-0.2, 0) is 9.47 Å². The highest BCUT2D eigenvalue weighted by atomic mass is 32.1. The third-order valence-corrected chi connectivity index (χ3v) is 8.48. The maximum atomic E-state index is 12.8. The number of nitrogens with zero attached hydrogens (tertiary/aromatic N) is 3. The van der Waals surface area contributed by atoms with Gasteiger partial charge < -0.3 is 30.3 Å². The molecule has 1 unspecified atom stereocenters. The van der Waals surface area contributed by atoms with Gasteiger partial charge in [-0.05, 0) is 78.1 Å². The highest BCUT2D eigenvalue weighted by molar-refractivity contribution is 7.19. The normalized spacial score (nSPS) is 23.3. The van der Waals surface area contributed by atoms with Crippen LogP contribution < -0.4 is 16.0 Å². The smallest absolute Gasteiger partial charge is 0.410 e. The molecule has 38 heavy (non-hydrogen) atoms. The first-order chi connectivity index (χ1) is 18.2. The van der Waals surface area contributed by atoms with Gasteiger partial charge in [-0.3, -0.25) is 0 Å². The van der Waals surface area contributed by atoms with Gasteiger partial charge in [0.15, 0.2) is 6.23 Å². The summed E-state index contributed by atoms with van der Waals surface area (Å²) in [5.41, 5.74) is 2.58. The van der Waals surface area contributed by atoms with Crippen molar-refractivity contribution in [1.82, 2.24) is 25.8 Å². The largest absolute Gasteiger partial charge is 0.444 e. The van der Waals surface area contributed by atoms with Crippen molar-refractivity contribution >= 4 is 39.1 Å². The topological polar surface area (TPSA) is 100 Å². The molecule has 2 aromatic rings. The van der Waals surface area contributed by atoms with Gasteiger partial charge >= 0.3 is 6.09 Å². The lowest BCUT2D eigenvalue weighted by Crippen LogP contribution is -2.52. The molecule has 3 aliphatic heterocycles. The minimum Gasteiger partial charge on any atom is -0.444 e. The lowest BCUT2D eigenvalue weighted by Gasteiger charge is -2.37. The first-order valence-corrected chi connectivity index (χ1v) is 14.5. The molecule has 0 aliphatic carbocycles. The monoisotopic (exact) mass is 540 g/mol. The molecule has 1 aromatic heterocycles. The maximum absolute atomic E-state index is 12.8. The Morgan fingerprint density at radius 3 is 2.71 bits per heavy atom. The zero-order chi connectivity index (χ0) is 26.9. The van der Waals surface area contributed by atoms with E-state index in [0.29, 0.717) is 19.0 Å². The van der Waals surface area contributed by atoms with Crippen LogP contribution in [0.1, 0.15) is 57.0 Å². The highest BCUT2D eigenvalue weighted by Crippen LogP contribution is 2.35. The number of aromatic nitrogens is 1. The Morgan fingerprint density at radius 1 is 1.21 bits per heavy atom. The zero-order valence-corrected chi connectivity index (χ0v) is 23.9. The predicted octanol–water partition coefficient (Wildman–Crippen LogP) is 4.24. The number of rotatable bonds is 5. The van der Waals surface area contributed by atoms with E-state index in [9.17, 15) is 4.79 Å².